The molecule has 0 heterocycles. The van der Waals surface area contributed by atoms with Gasteiger partial charge in [-0.25, -0.2) is 4.39 Å². The van der Waals surface area contributed by atoms with Crippen molar-refractivity contribution in [2.24, 2.45) is 5.73 Å². The molecule has 0 spiro atoms. The average Bonchev–Trinajstić information content (AvgIpc) is 2.41. The standard InChI is InChI=1S/C14H12BrClFNO/c1-19-12-6-5-8(7-10(12)16)14(18)9-3-2-4-11(17)13(9)15/h2-7,14H,18H2,1H3. The van der Waals surface area contributed by atoms with E-state index < -0.39 is 6.04 Å². The van der Waals surface area contributed by atoms with E-state index in [1.54, 1.807) is 31.4 Å². The molecule has 2 aromatic rings. The molecule has 2 N–H and O–H groups in total. The summed E-state index contributed by atoms with van der Waals surface area (Å²) in [6, 6.07) is 9.59. The summed E-state index contributed by atoms with van der Waals surface area (Å²) >= 11 is 9.28. The second-order valence-corrected chi connectivity index (χ2v) is 5.21. The maximum Gasteiger partial charge on any atom is 0.137 e. The zero-order chi connectivity index (χ0) is 14.0. The summed E-state index contributed by atoms with van der Waals surface area (Å²) in [5.74, 6) is 0.239. The lowest BCUT2D eigenvalue weighted by Crippen LogP contribution is -2.13. The van der Waals surface area contributed by atoms with Crippen LogP contribution in [-0.4, -0.2) is 7.11 Å². The molecule has 19 heavy (non-hydrogen) atoms. The van der Waals surface area contributed by atoms with E-state index in [9.17, 15) is 4.39 Å². The van der Waals surface area contributed by atoms with E-state index in [1.807, 2.05) is 6.07 Å². The van der Waals surface area contributed by atoms with Crippen molar-refractivity contribution in [2.45, 2.75) is 6.04 Å². The Bertz CT molecular complexity index is 606. The van der Waals surface area contributed by atoms with Gasteiger partial charge in [0.15, 0.2) is 0 Å². The van der Waals surface area contributed by atoms with Crippen LogP contribution in [0.25, 0.3) is 0 Å². The Morgan fingerprint density at radius 2 is 2.05 bits per heavy atom. The van der Waals surface area contributed by atoms with E-state index in [0.29, 0.717) is 20.8 Å². The number of hydrogen-bond donors (Lipinski definition) is 1. The lowest BCUT2D eigenvalue weighted by molar-refractivity contribution is 0.415. The van der Waals surface area contributed by atoms with Crippen LogP contribution >= 0.6 is 27.5 Å². The van der Waals surface area contributed by atoms with E-state index in [4.69, 9.17) is 22.1 Å². The third kappa shape index (κ3) is 2.91. The summed E-state index contributed by atoms with van der Waals surface area (Å²) in [4.78, 5) is 0. The Morgan fingerprint density at radius 3 is 2.68 bits per heavy atom. The predicted molar refractivity (Wildman–Crippen MR) is 78.1 cm³/mol. The van der Waals surface area contributed by atoms with Crippen molar-refractivity contribution in [3.63, 3.8) is 0 Å². The van der Waals surface area contributed by atoms with Crippen LogP contribution in [0.4, 0.5) is 4.39 Å². The van der Waals surface area contributed by atoms with Crippen molar-refractivity contribution in [1.82, 2.24) is 0 Å². The summed E-state index contributed by atoms with van der Waals surface area (Å²) < 4.78 is 19.0. The maximum absolute atomic E-state index is 13.5. The number of benzene rings is 2. The Labute approximate surface area is 124 Å². The molecule has 0 aliphatic rings. The van der Waals surface area contributed by atoms with Gasteiger partial charge in [0.2, 0.25) is 0 Å². The van der Waals surface area contributed by atoms with Crippen LogP contribution in [0.5, 0.6) is 5.75 Å². The minimum absolute atomic E-state index is 0.340. The second-order valence-electron chi connectivity index (χ2n) is 4.01. The zero-order valence-corrected chi connectivity index (χ0v) is 12.5. The van der Waals surface area contributed by atoms with E-state index in [1.165, 1.54) is 6.07 Å². The van der Waals surface area contributed by atoms with Gasteiger partial charge in [-0.05, 0) is 45.3 Å². The molecular weight excluding hydrogens is 333 g/mol. The summed E-state index contributed by atoms with van der Waals surface area (Å²) in [6.45, 7) is 0. The molecule has 2 nitrogen and oxygen atoms in total. The molecule has 100 valence electrons. The molecule has 2 aromatic carbocycles. The van der Waals surface area contributed by atoms with E-state index in [-0.39, 0.29) is 5.82 Å². The van der Waals surface area contributed by atoms with Crippen LogP contribution in [0.3, 0.4) is 0 Å². The molecule has 2 rings (SSSR count). The van der Waals surface area contributed by atoms with Gasteiger partial charge in [-0.1, -0.05) is 29.8 Å². The summed E-state index contributed by atoms with van der Waals surface area (Å²) in [5, 5.41) is 0.475. The largest absolute Gasteiger partial charge is 0.495 e. The molecule has 0 bridgehead atoms. The van der Waals surface area contributed by atoms with Gasteiger partial charge in [-0.2, -0.15) is 0 Å². The minimum Gasteiger partial charge on any atom is -0.495 e. The smallest absolute Gasteiger partial charge is 0.137 e. The Morgan fingerprint density at radius 1 is 1.32 bits per heavy atom. The first-order valence-corrected chi connectivity index (χ1v) is 6.74. The van der Waals surface area contributed by atoms with E-state index in [2.05, 4.69) is 15.9 Å². The van der Waals surface area contributed by atoms with Gasteiger partial charge in [-0.15, -0.1) is 0 Å². The Balaban J connectivity index is 2.41. The van der Waals surface area contributed by atoms with Crippen molar-refractivity contribution in [2.75, 3.05) is 7.11 Å². The number of ether oxygens (including phenoxy) is 1. The highest BCUT2D eigenvalue weighted by atomic mass is 79.9. The monoisotopic (exact) mass is 343 g/mol. The van der Waals surface area contributed by atoms with Crippen molar-refractivity contribution < 1.29 is 9.13 Å². The van der Waals surface area contributed by atoms with E-state index >= 15 is 0 Å². The van der Waals surface area contributed by atoms with Crippen LogP contribution in [0.15, 0.2) is 40.9 Å². The number of rotatable bonds is 3. The molecule has 0 saturated heterocycles. The first kappa shape index (κ1) is 14.3. The maximum atomic E-state index is 13.5. The topological polar surface area (TPSA) is 35.2 Å². The van der Waals surface area contributed by atoms with Gasteiger partial charge >= 0.3 is 0 Å². The van der Waals surface area contributed by atoms with Gasteiger partial charge in [-0.3, -0.25) is 0 Å². The number of nitrogens with two attached hydrogens (primary N) is 1. The quantitative estimate of drug-likeness (QED) is 0.901. The third-order valence-electron chi connectivity index (χ3n) is 2.85. The normalized spacial score (nSPS) is 12.3. The molecule has 1 unspecified atom stereocenters. The first-order chi connectivity index (χ1) is 9.04. The fourth-order valence-electron chi connectivity index (χ4n) is 1.82. The number of hydrogen-bond acceptors (Lipinski definition) is 2. The zero-order valence-electron chi connectivity index (χ0n) is 10.2. The van der Waals surface area contributed by atoms with Gasteiger partial charge in [0.05, 0.1) is 22.6 Å². The second kappa shape index (κ2) is 5.90. The molecule has 0 radical (unpaired) electrons. The molecule has 0 aromatic heterocycles. The first-order valence-electron chi connectivity index (χ1n) is 5.57. The van der Waals surface area contributed by atoms with Crippen LogP contribution in [0, 0.1) is 5.82 Å². The Kier molecular flexibility index (Phi) is 4.45. The molecule has 1 atom stereocenters. The van der Waals surface area contributed by atoms with Gasteiger partial charge < -0.3 is 10.5 Å². The fourth-order valence-corrected chi connectivity index (χ4v) is 2.59. The highest BCUT2D eigenvalue weighted by Gasteiger charge is 2.15. The van der Waals surface area contributed by atoms with Crippen molar-refractivity contribution in [3.05, 3.63) is 62.8 Å². The summed E-state index contributed by atoms with van der Waals surface area (Å²) in [6.07, 6.45) is 0. The highest BCUT2D eigenvalue weighted by molar-refractivity contribution is 9.10. The van der Waals surface area contributed by atoms with Gasteiger partial charge in [0, 0.05) is 0 Å². The van der Waals surface area contributed by atoms with Crippen molar-refractivity contribution in [3.8, 4) is 5.75 Å². The predicted octanol–water partition coefficient (Wildman–Crippen LogP) is 4.30. The molecule has 0 fully saturated rings. The molecule has 5 heteroatoms. The molecule has 0 aliphatic carbocycles. The molecule has 0 aliphatic heterocycles. The van der Waals surface area contributed by atoms with Crippen LogP contribution in [0.2, 0.25) is 5.02 Å². The number of halogens is 3. The van der Waals surface area contributed by atoms with E-state index in [0.717, 1.165) is 5.56 Å². The van der Waals surface area contributed by atoms with Crippen LogP contribution in [0.1, 0.15) is 17.2 Å². The Hall–Kier alpha value is -1.10. The van der Waals surface area contributed by atoms with Gasteiger partial charge in [0.25, 0.3) is 0 Å². The van der Waals surface area contributed by atoms with Crippen LogP contribution in [-0.2, 0) is 0 Å². The SMILES string of the molecule is COc1ccc(C(N)c2cccc(F)c2Br)cc1Cl. The average molecular weight is 345 g/mol. The summed E-state index contributed by atoms with van der Waals surface area (Å²) in [5.41, 5.74) is 7.61. The summed E-state index contributed by atoms with van der Waals surface area (Å²) in [7, 11) is 1.55. The third-order valence-corrected chi connectivity index (χ3v) is 3.98. The lowest BCUT2D eigenvalue weighted by atomic mass is 9.99. The van der Waals surface area contributed by atoms with Crippen molar-refractivity contribution >= 4 is 27.5 Å². The minimum atomic E-state index is -0.464. The fraction of sp³-hybridized carbons (Fsp3) is 0.143. The van der Waals surface area contributed by atoms with Gasteiger partial charge in [0.1, 0.15) is 11.6 Å². The van der Waals surface area contributed by atoms with Crippen LogP contribution < -0.4 is 10.5 Å². The molecule has 0 saturated carbocycles. The molecule has 0 amide bonds. The molecular formula is C14H12BrClFNO. The highest BCUT2D eigenvalue weighted by Crippen LogP contribution is 2.32. The van der Waals surface area contributed by atoms with Crippen molar-refractivity contribution in [1.29, 1.82) is 0 Å². The number of methoxy groups -OCH3 is 1. The lowest BCUT2D eigenvalue weighted by Gasteiger charge is -2.16.